The molecule has 1 saturated heterocycles. The molecule has 0 saturated carbocycles. The van der Waals surface area contributed by atoms with E-state index in [-0.39, 0.29) is 31.0 Å². The number of nitrogens with zero attached hydrogens (tertiary/aromatic N) is 1. The minimum atomic E-state index is -0.861. The highest BCUT2D eigenvalue weighted by molar-refractivity contribution is 5.78. The number of nitrogens with one attached hydrogen (secondary N) is 1. The van der Waals surface area contributed by atoms with Crippen molar-refractivity contribution in [1.29, 1.82) is 0 Å². The standard InChI is InChI=1S/C13H24N2O4/c1-3-4-10(2)14-12(16)8-15-5-6-19-9-11(15)7-13(17)18/h10-11H,3-9H2,1-2H3,(H,14,16)(H,17,18). The number of hydrogen-bond acceptors (Lipinski definition) is 4. The molecule has 0 bridgehead atoms. The van der Waals surface area contributed by atoms with E-state index in [4.69, 9.17) is 9.84 Å². The molecular weight excluding hydrogens is 248 g/mol. The molecule has 1 fully saturated rings. The Morgan fingerprint density at radius 3 is 2.89 bits per heavy atom. The van der Waals surface area contributed by atoms with E-state index in [1.54, 1.807) is 0 Å². The third-order valence-electron chi connectivity index (χ3n) is 3.24. The predicted molar refractivity (Wildman–Crippen MR) is 70.9 cm³/mol. The van der Waals surface area contributed by atoms with Gasteiger partial charge in [-0.3, -0.25) is 14.5 Å². The average molecular weight is 272 g/mol. The van der Waals surface area contributed by atoms with Crippen LogP contribution in [0.15, 0.2) is 0 Å². The van der Waals surface area contributed by atoms with Crippen molar-refractivity contribution in [2.24, 2.45) is 0 Å². The van der Waals surface area contributed by atoms with Gasteiger partial charge in [-0.2, -0.15) is 0 Å². The highest BCUT2D eigenvalue weighted by Gasteiger charge is 2.26. The number of ether oxygens (including phenoxy) is 1. The zero-order valence-electron chi connectivity index (χ0n) is 11.7. The number of carboxylic acid groups (broad SMARTS) is 1. The summed E-state index contributed by atoms with van der Waals surface area (Å²) in [5, 5.41) is 11.8. The summed E-state index contributed by atoms with van der Waals surface area (Å²) in [5.74, 6) is -0.904. The van der Waals surface area contributed by atoms with Crippen LogP contribution >= 0.6 is 0 Å². The van der Waals surface area contributed by atoms with Gasteiger partial charge in [-0.25, -0.2) is 0 Å². The van der Waals surface area contributed by atoms with Gasteiger partial charge in [0.2, 0.25) is 5.91 Å². The quantitative estimate of drug-likeness (QED) is 0.704. The second kappa shape index (κ2) is 8.12. The van der Waals surface area contributed by atoms with Crippen molar-refractivity contribution < 1.29 is 19.4 Å². The second-order valence-electron chi connectivity index (χ2n) is 5.05. The Bertz CT molecular complexity index is 309. The van der Waals surface area contributed by atoms with E-state index >= 15 is 0 Å². The van der Waals surface area contributed by atoms with Gasteiger partial charge in [0.25, 0.3) is 0 Å². The molecule has 6 nitrogen and oxygen atoms in total. The maximum absolute atomic E-state index is 11.9. The normalized spacial score (nSPS) is 21.9. The highest BCUT2D eigenvalue weighted by atomic mass is 16.5. The highest BCUT2D eigenvalue weighted by Crippen LogP contribution is 2.10. The van der Waals surface area contributed by atoms with Crippen LogP contribution in [0.3, 0.4) is 0 Å². The van der Waals surface area contributed by atoms with Gasteiger partial charge >= 0.3 is 5.97 Å². The van der Waals surface area contributed by atoms with Gasteiger partial charge in [0.05, 0.1) is 26.2 Å². The molecule has 1 rings (SSSR count). The zero-order chi connectivity index (χ0) is 14.3. The Morgan fingerprint density at radius 1 is 1.53 bits per heavy atom. The number of amides is 1. The van der Waals surface area contributed by atoms with Crippen molar-refractivity contribution in [2.45, 2.75) is 45.2 Å². The second-order valence-corrected chi connectivity index (χ2v) is 5.05. The lowest BCUT2D eigenvalue weighted by atomic mass is 10.1. The predicted octanol–water partition coefficient (Wildman–Crippen LogP) is 0.467. The fourth-order valence-electron chi connectivity index (χ4n) is 2.30. The molecule has 1 aliphatic rings. The minimum absolute atomic E-state index is 0.0117. The lowest BCUT2D eigenvalue weighted by Crippen LogP contribution is -2.51. The fourth-order valence-corrected chi connectivity index (χ4v) is 2.30. The molecule has 0 spiro atoms. The summed E-state index contributed by atoms with van der Waals surface area (Å²) in [6.45, 7) is 5.84. The summed E-state index contributed by atoms with van der Waals surface area (Å²) in [6.07, 6.45) is 1.99. The maximum atomic E-state index is 11.9. The lowest BCUT2D eigenvalue weighted by molar-refractivity contribution is -0.141. The Labute approximate surface area is 114 Å². The van der Waals surface area contributed by atoms with Crippen LogP contribution in [0.1, 0.15) is 33.1 Å². The molecule has 0 aliphatic carbocycles. The Kier molecular flexibility index (Phi) is 6.80. The van der Waals surface area contributed by atoms with Crippen molar-refractivity contribution >= 4 is 11.9 Å². The van der Waals surface area contributed by atoms with Crippen molar-refractivity contribution in [2.75, 3.05) is 26.3 Å². The monoisotopic (exact) mass is 272 g/mol. The number of carbonyl (C=O) groups is 2. The molecule has 0 aromatic carbocycles. The summed E-state index contributed by atoms with van der Waals surface area (Å²) in [4.78, 5) is 24.6. The van der Waals surface area contributed by atoms with E-state index in [0.29, 0.717) is 19.8 Å². The van der Waals surface area contributed by atoms with Crippen LogP contribution in [-0.4, -0.2) is 60.3 Å². The molecule has 0 aromatic heterocycles. The van der Waals surface area contributed by atoms with E-state index in [1.807, 2.05) is 11.8 Å². The number of rotatable bonds is 7. The minimum Gasteiger partial charge on any atom is -0.481 e. The first-order valence-corrected chi connectivity index (χ1v) is 6.85. The van der Waals surface area contributed by atoms with Gasteiger partial charge in [-0.1, -0.05) is 13.3 Å². The SMILES string of the molecule is CCCC(C)NC(=O)CN1CCOCC1CC(=O)O. The Balaban J connectivity index is 2.43. The first-order valence-electron chi connectivity index (χ1n) is 6.85. The molecular formula is C13H24N2O4. The van der Waals surface area contributed by atoms with Gasteiger partial charge < -0.3 is 15.2 Å². The smallest absolute Gasteiger partial charge is 0.305 e. The summed E-state index contributed by atoms with van der Waals surface area (Å²) in [7, 11) is 0. The molecule has 1 aliphatic heterocycles. The van der Waals surface area contributed by atoms with Crippen LogP contribution < -0.4 is 5.32 Å². The molecule has 6 heteroatoms. The first kappa shape index (κ1) is 15.9. The largest absolute Gasteiger partial charge is 0.481 e. The summed E-state index contributed by atoms with van der Waals surface area (Å²) >= 11 is 0. The zero-order valence-corrected chi connectivity index (χ0v) is 11.7. The fraction of sp³-hybridized carbons (Fsp3) is 0.846. The van der Waals surface area contributed by atoms with Crippen LogP contribution in [-0.2, 0) is 14.3 Å². The van der Waals surface area contributed by atoms with E-state index in [0.717, 1.165) is 12.8 Å². The molecule has 110 valence electrons. The molecule has 0 radical (unpaired) electrons. The molecule has 19 heavy (non-hydrogen) atoms. The van der Waals surface area contributed by atoms with Crippen molar-refractivity contribution in [3.63, 3.8) is 0 Å². The summed E-state index contributed by atoms with van der Waals surface area (Å²) < 4.78 is 5.28. The van der Waals surface area contributed by atoms with Crippen LogP contribution in [0.5, 0.6) is 0 Å². The topological polar surface area (TPSA) is 78.9 Å². The molecule has 0 aromatic rings. The van der Waals surface area contributed by atoms with Crippen LogP contribution in [0, 0.1) is 0 Å². The molecule has 2 atom stereocenters. The van der Waals surface area contributed by atoms with E-state index in [2.05, 4.69) is 12.2 Å². The van der Waals surface area contributed by atoms with Gasteiger partial charge in [0, 0.05) is 18.6 Å². The number of hydrogen-bond donors (Lipinski definition) is 2. The van der Waals surface area contributed by atoms with Crippen LogP contribution in [0.2, 0.25) is 0 Å². The molecule has 2 N–H and O–H groups in total. The van der Waals surface area contributed by atoms with Crippen LogP contribution in [0.4, 0.5) is 0 Å². The Hall–Kier alpha value is -1.14. The summed E-state index contributed by atoms with van der Waals surface area (Å²) in [5.41, 5.74) is 0. The van der Waals surface area contributed by atoms with E-state index < -0.39 is 5.97 Å². The van der Waals surface area contributed by atoms with Gasteiger partial charge in [0.1, 0.15) is 0 Å². The first-order chi connectivity index (χ1) is 9.02. The number of aliphatic carboxylic acids is 1. The third kappa shape index (κ3) is 6.02. The van der Waals surface area contributed by atoms with E-state index in [9.17, 15) is 9.59 Å². The van der Waals surface area contributed by atoms with Gasteiger partial charge in [-0.15, -0.1) is 0 Å². The molecule has 2 unspecified atom stereocenters. The number of morpholine rings is 1. The molecule has 1 heterocycles. The van der Waals surface area contributed by atoms with Gasteiger partial charge in [0.15, 0.2) is 0 Å². The van der Waals surface area contributed by atoms with Crippen molar-refractivity contribution in [1.82, 2.24) is 10.2 Å². The number of carboxylic acids is 1. The summed E-state index contributed by atoms with van der Waals surface area (Å²) in [6, 6.07) is -0.0463. The van der Waals surface area contributed by atoms with E-state index in [1.165, 1.54) is 0 Å². The van der Waals surface area contributed by atoms with Gasteiger partial charge in [-0.05, 0) is 13.3 Å². The molecule has 1 amide bonds. The Morgan fingerprint density at radius 2 is 2.26 bits per heavy atom. The third-order valence-corrected chi connectivity index (χ3v) is 3.24. The maximum Gasteiger partial charge on any atom is 0.305 e. The average Bonchev–Trinajstić information content (AvgIpc) is 2.31. The van der Waals surface area contributed by atoms with Crippen molar-refractivity contribution in [3.05, 3.63) is 0 Å². The number of carbonyl (C=O) groups excluding carboxylic acids is 1. The van der Waals surface area contributed by atoms with Crippen LogP contribution in [0.25, 0.3) is 0 Å². The lowest BCUT2D eigenvalue weighted by Gasteiger charge is -2.34. The van der Waals surface area contributed by atoms with Crippen molar-refractivity contribution in [3.8, 4) is 0 Å².